The highest BCUT2D eigenvalue weighted by Crippen LogP contribution is 2.33. The molecule has 2 heterocycles. The minimum absolute atomic E-state index is 0.146. The van der Waals surface area contributed by atoms with Gasteiger partial charge < -0.3 is 14.8 Å². The van der Waals surface area contributed by atoms with E-state index in [1.54, 1.807) is 28.9 Å². The molecule has 45 heavy (non-hydrogen) atoms. The van der Waals surface area contributed by atoms with Gasteiger partial charge in [0.1, 0.15) is 29.7 Å². The quantitative estimate of drug-likeness (QED) is 0.141. The van der Waals surface area contributed by atoms with E-state index in [0.717, 1.165) is 21.8 Å². The van der Waals surface area contributed by atoms with Crippen molar-refractivity contribution in [3.63, 3.8) is 0 Å². The Balaban J connectivity index is 1.23. The fourth-order valence-corrected chi connectivity index (χ4v) is 4.83. The van der Waals surface area contributed by atoms with Gasteiger partial charge in [-0.05, 0) is 48.2 Å². The predicted octanol–water partition coefficient (Wildman–Crippen LogP) is 8.47. The van der Waals surface area contributed by atoms with Crippen LogP contribution in [0.4, 0.5) is 26.9 Å². The fraction of sp³-hybridized carbons (Fsp3) is 0.176. The Bertz CT molecular complexity index is 1770. The van der Waals surface area contributed by atoms with Gasteiger partial charge >= 0.3 is 12.1 Å². The molecule has 0 aliphatic rings. The third kappa shape index (κ3) is 8.42. The second-order valence-electron chi connectivity index (χ2n) is 11.0. The van der Waals surface area contributed by atoms with Crippen LogP contribution >= 0.6 is 11.8 Å². The average molecular weight is 623 g/mol. The normalized spacial score (nSPS) is 11.0. The molecule has 0 aliphatic heterocycles. The maximum Gasteiger partial charge on any atom is 0.413 e. The second kappa shape index (κ2) is 14.0. The Morgan fingerprint density at radius 1 is 0.844 bits per heavy atom. The number of urea groups is 1. The highest BCUT2D eigenvalue weighted by Gasteiger charge is 2.22. The van der Waals surface area contributed by atoms with Crippen LogP contribution in [0.2, 0.25) is 0 Å². The summed E-state index contributed by atoms with van der Waals surface area (Å²) in [6.07, 6.45) is 2.82. The van der Waals surface area contributed by atoms with Gasteiger partial charge in [-0.25, -0.2) is 19.3 Å². The van der Waals surface area contributed by atoms with Gasteiger partial charge in [0.15, 0.2) is 0 Å². The van der Waals surface area contributed by atoms with Crippen molar-refractivity contribution in [1.82, 2.24) is 14.8 Å². The number of carbonyl (C=O) groups excluding carboxylic acids is 2. The van der Waals surface area contributed by atoms with E-state index < -0.39 is 12.1 Å². The summed E-state index contributed by atoms with van der Waals surface area (Å²) >= 11 is 1.47. The summed E-state index contributed by atoms with van der Waals surface area (Å²) in [7, 11) is 0. The molecule has 0 radical (unpaired) electrons. The molecule has 0 saturated carbocycles. The highest BCUT2D eigenvalue weighted by molar-refractivity contribution is 7.98. The lowest BCUT2D eigenvalue weighted by Crippen LogP contribution is -2.21. The average Bonchev–Trinajstić information content (AvgIpc) is 3.46. The number of rotatable bonds is 9. The molecule has 0 aliphatic carbocycles. The summed E-state index contributed by atoms with van der Waals surface area (Å²) in [6, 6.07) is 29.2. The van der Waals surface area contributed by atoms with E-state index >= 15 is 0 Å². The lowest BCUT2D eigenvalue weighted by atomic mass is 9.92. The Kier molecular flexibility index (Phi) is 9.69. The van der Waals surface area contributed by atoms with Gasteiger partial charge in [0.25, 0.3) is 0 Å². The van der Waals surface area contributed by atoms with Crippen LogP contribution in [0, 0.1) is 0 Å². The van der Waals surface area contributed by atoms with Crippen molar-refractivity contribution in [1.29, 1.82) is 0 Å². The van der Waals surface area contributed by atoms with Gasteiger partial charge in [-0.3, -0.25) is 10.6 Å². The van der Waals surface area contributed by atoms with E-state index in [2.05, 4.69) is 41.7 Å². The highest BCUT2D eigenvalue weighted by atomic mass is 32.2. The lowest BCUT2D eigenvalue weighted by molar-refractivity contribution is 0.155. The summed E-state index contributed by atoms with van der Waals surface area (Å²) in [6.45, 7) is 6.38. The molecule has 5 aromatic rings. The first-order valence-electron chi connectivity index (χ1n) is 14.2. The zero-order chi connectivity index (χ0) is 31.8. The van der Waals surface area contributed by atoms with E-state index in [9.17, 15) is 9.59 Å². The molecule has 230 valence electrons. The molecule has 0 atom stereocenters. The van der Waals surface area contributed by atoms with Crippen molar-refractivity contribution >= 4 is 41.2 Å². The van der Waals surface area contributed by atoms with Crippen molar-refractivity contribution < 1.29 is 19.1 Å². The minimum Gasteiger partial charge on any atom is -0.457 e. The number of anilines is 3. The Labute approximate surface area is 266 Å². The number of hydrogen-bond donors (Lipinski definition) is 3. The molecule has 5 rings (SSSR count). The number of para-hydroxylation sites is 1. The maximum absolute atomic E-state index is 13.2. The SMILES string of the molecule is CSc1cc(Oc2ccnc(NC(=O)OCc3ccccc3)c2)ccc1NC(=O)Nc1cc(C(C)(C)C)nn1-c1ccccc1. The van der Waals surface area contributed by atoms with Crippen molar-refractivity contribution in [3.05, 3.63) is 115 Å². The minimum atomic E-state index is -0.622. The number of nitrogens with zero attached hydrogens (tertiary/aromatic N) is 3. The van der Waals surface area contributed by atoms with Crippen LogP contribution in [-0.2, 0) is 16.8 Å². The summed E-state index contributed by atoms with van der Waals surface area (Å²) in [5.41, 5.74) is 2.99. The van der Waals surface area contributed by atoms with Gasteiger partial charge in [0.2, 0.25) is 0 Å². The van der Waals surface area contributed by atoms with Crippen molar-refractivity contribution in [2.45, 2.75) is 37.7 Å². The molecule has 3 N–H and O–H groups in total. The van der Waals surface area contributed by atoms with Crippen LogP contribution in [0.1, 0.15) is 32.0 Å². The lowest BCUT2D eigenvalue weighted by Gasteiger charge is -2.14. The standard InChI is InChI=1S/C34H34N6O4S/c1-34(2,3)29-21-31(40(39-29)24-13-9-6-10-14-24)38-32(41)36-27-16-15-25(19-28(27)45-4)44-26-17-18-35-30(20-26)37-33(42)43-22-23-11-7-5-8-12-23/h5-21H,22H2,1-4H3,(H,35,37,42)(H2,36,38,41). The van der Waals surface area contributed by atoms with Crippen LogP contribution in [0.3, 0.4) is 0 Å². The van der Waals surface area contributed by atoms with E-state index in [0.29, 0.717) is 23.0 Å². The number of thioether (sulfide) groups is 1. The Morgan fingerprint density at radius 3 is 2.27 bits per heavy atom. The largest absolute Gasteiger partial charge is 0.457 e. The summed E-state index contributed by atoms with van der Waals surface area (Å²) in [5, 5.41) is 13.3. The molecule has 0 saturated heterocycles. The zero-order valence-corrected chi connectivity index (χ0v) is 26.2. The van der Waals surface area contributed by atoms with Crippen molar-refractivity contribution in [2.24, 2.45) is 0 Å². The summed E-state index contributed by atoms with van der Waals surface area (Å²) < 4.78 is 13.0. The molecular weight excluding hydrogens is 588 g/mol. The van der Waals surface area contributed by atoms with E-state index in [-0.39, 0.29) is 17.8 Å². The monoisotopic (exact) mass is 622 g/mol. The Hall–Kier alpha value is -5.29. The first kappa shape index (κ1) is 31.1. The number of hydrogen-bond acceptors (Lipinski definition) is 7. The van der Waals surface area contributed by atoms with Gasteiger partial charge in [-0.1, -0.05) is 69.3 Å². The van der Waals surface area contributed by atoms with Gasteiger partial charge in [0, 0.05) is 28.6 Å². The molecule has 0 unspecified atom stereocenters. The first-order valence-corrected chi connectivity index (χ1v) is 15.4. The maximum atomic E-state index is 13.2. The summed E-state index contributed by atoms with van der Waals surface area (Å²) in [4.78, 5) is 30.4. The number of benzene rings is 3. The van der Waals surface area contributed by atoms with E-state index in [4.69, 9.17) is 14.6 Å². The Morgan fingerprint density at radius 2 is 1.56 bits per heavy atom. The number of pyridine rings is 1. The van der Waals surface area contributed by atoms with Crippen molar-refractivity contribution in [2.75, 3.05) is 22.2 Å². The molecule has 10 nitrogen and oxygen atoms in total. The van der Waals surface area contributed by atoms with Crippen LogP contribution in [-0.4, -0.2) is 33.1 Å². The molecule has 0 spiro atoms. The number of carbonyl (C=O) groups is 2. The van der Waals surface area contributed by atoms with Gasteiger partial charge in [0.05, 0.1) is 17.1 Å². The van der Waals surface area contributed by atoms with Crippen LogP contribution in [0.15, 0.2) is 108 Å². The number of ether oxygens (including phenoxy) is 2. The number of nitrogens with one attached hydrogen (secondary N) is 3. The van der Waals surface area contributed by atoms with E-state index in [1.165, 1.54) is 18.0 Å². The third-order valence-electron chi connectivity index (χ3n) is 6.55. The van der Waals surface area contributed by atoms with Crippen molar-refractivity contribution in [3.8, 4) is 17.2 Å². The van der Waals surface area contributed by atoms with Gasteiger partial charge in [-0.15, -0.1) is 11.8 Å². The molecular formula is C34H34N6O4S. The van der Waals surface area contributed by atoms with Crippen LogP contribution < -0.4 is 20.7 Å². The van der Waals surface area contributed by atoms with Crippen LogP contribution in [0.5, 0.6) is 11.5 Å². The molecule has 0 bridgehead atoms. The topological polar surface area (TPSA) is 119 Å². The van der Waals surface area contributed by atoms with Crippen LogP contribution in [0.25, 0.3) is 5.69 Å². The molecule has 0 fully saturated rings. The molecule has 3 amide bonds. The second-order valence-corrected chi connectivity index (χ2v) is 11.9. The zero-order valence-electron chi connectivity index (χ0n) is 25.4. The summed E-state index contributed by atoms with van der Waals surface area (Å²) in [5.74, 6) is 1.86. The molecule has 11 heteroatoms. The first-order chi connectivity index (χ1) is 21.7. The number of aromatic nitrogens is 3. The molecule has 2 aromatic heterocycles. The number of amides is 3. The van der Waals surface area contributed by atoms with Gasteiger partial charge in [-0.2, -0.15) is 5.10 Å². The van der Waals surface area contributed by atoms with E-state index in [1.807, 2.05) is 79.1 Å². The fourth-order valence-electron chi connectivity index (χ4n) is 4.25. The molecule has 3 aromatic carbocycles. The predicted molar refractivity (Wildman–Crippen MR) is 178 cm³/mol. The third-order valence-corrected chi connectivity index (χ3v) is 7.33. The smallest absolute Gasteiger partial charge is 0.413 e.